The molecule has 0 aliphatic carbocycles. The predicted octanol–water partition coefficient (Wildman–Crippen LogP) is 2.95. The number of rotatable bonds is 20. The molecule has 52 heavy (non-hydrogen) atoms. The number of likely N-dealkylation sites (tertiary alicyclic amines) is 1. The number of hydrogen-bond acceptors (Lipinski definition) is 9. The molecule has 13 heteroatoms. The number of methoxy groups -OCH3 is 3. The molecule has 0 radical (unpaired) electrons. The summed E-state index contributed by atoms with van der Waals surface area (Å²) in [4.78, 5) is 70.9. The Morgan fingerprint density at radius 3 is 2.13 bits per heavy atom. The molecule has 1 aromatic rings. The third-order valence-corrected chi connectivity index (χ3v) is 10.8. The first-order valence-electron chi connectivity index (χ1n) is 18.5. The fourth-order valence-corrected chi connectivity index (χ4v) is 6.96. The second-order valence-corrected chi connectivity index (χ2v) is 14.9. The second-order valence-electron chi connectivity index (χ2n) is 14.9. The Hall–Kier alpha value is -3.55. The lowest BCUT2D eigenvalue weighted by atomic mass is 9.89. The molecule has 294 valence electrons. The molecule has 0 saturated carbocycles. The van der Waals surface area contributed by atoms with Crippen LogP contribution in [0, 0.1) is 17.8 Å². The Bertz CT molecular complexity index is 1320. The zero-order valence-corrected chi connectivity index (χ0v) is 33.5. The van der Waals surface area contributed by atoms with E-state index in [1.165, 1.54) is 14.2 Å². The van der Waals surface area contributed by atoms with E-state index >= 15 is 0 Å². The van der Waals surface area contributed by atoms with Gasteiger partial charge in [-0.15, -0.1) is 0 Å². The summed E-state index contributed by atoms with van der Waals surface area (Å²) in [6.07, 6.45) is 1.07. The lowest BCUT2D eigenvalue weighted by Gasteiger charge is -2.41. The Kier molecular flexibility index (Phi) is 17.7. The second kappa shape index (κ2) is 20.6. The van der Waals surface area contributed by atoms with E-state index in [4.69, 9.17) is 14.2 Å². The molecule has 0 bridgehead atoms. The molecule has 2 rings (SSSR count). The molecular weight excluding hydrogens is 666 g/mol. The number of nitrogens with zero attached hydrogens (tertiary/aromatic N) is 2. The van der Waals surface area contributed by atoms with Gasteiger partial charge in [-0.1, -0.05) is 71.4 Å². The molecule has 1 aromatic carbocycles. The minimum absolute atomic E-state index is 0.00359. The molecular formula is C39H65N5O8. The standard InChI is InChI=1S/C39H65N5O8/c1-13-25(4)33(43(9)36(47)32(24(2)3)42-38(49)39(6,7)40-8)30(50-10)23-31(45)44-21-17-20-29(44)34(51-11)26(5)35(46)41-28(37(48)52-12)22-27-18-15-14-16-19-27/h14-16,18-19,24-26,28-30,32-34,40H,13,17,20-23H2,1-12H3,(H,41,46)(H,42,49)/t25-,26+,28+,29-,30+,32-,33-,34+/m0/s1. The zero-order valence-electron chi connectivity index (χ0n) is 33.5. The van der Waals surface area contributed by atoms with Crippen LogP contribution in [0.5, 0.6) is 0 Å². The Balaban J connectivity index is 2.28. The van der Waals surface area contributed by atoms with Crippen LogP contribution >= 0.6 is 0 Å². The Labute approximate surface area is 311 Å². The molecule has 13 nitrogen and oxygen atoms in total. The number of esters is 1. The van der Waals surface area contributed by atoms with Gasteiger partial charge in [0.05, 0.1) is 49.3 Å². The monoisotopic (exact) mass is 731 g/mol. The number of likely N-dealkylation sites (N-methyl/N-ethyl adjacent to an activating group) is 2. The number of nitrogens with one attached hydrogen (secondary N) is 3. The smallest absolute Gasteiger partial charge is 0.328 e. The average Bonchev–Trinajstić information content (AvgIpc) is 3.62. The molecule has 1 saturated heterocycles. The van der Waals surface area contributed by atoms with Gasteiger partial charge in [-0.3, -0.25) is 19.2 Å². The van der Waals surface area contributed by atoms with Crippen molar-refractivity contribution < 1.29 is 38.2 Å². The van der Waals surface area contributed by atoms with E-state index in [1.54, 1.807) is 51.8 Å². The van der Waals surface area contributed by atoms with E-state index in [-0.39, 0.29) is 54.3 Å². The highest BCUT2D eigenvalue weighted by Gasteiger charge is 2.43. The molecule has 1 aliphatic heterocycles. The van der Waals surface area contributed by atoms with Gasteiger partial charge in [-0.05, 0) is 51.1 Å². The van der Waals surface area contributed by atoms with E-state index in [1.807, 2.05) is 58.0 Å². The quantitative estimate of drug-likeness (QED) is 0.172. The summed E-state index contributed by atoms with van der Waals surface area (Å²) in [7, 11) is 7.76. The largest absolute Gasteiger partial charge is 0.467 e. The summed E-state index contributed by atoms with van der Waals surface area (Å²) in [5.74, 6) is -2.57. The van der Waals surface area contributed by atoms with Crippen LogP contribution in [-0.2, 0) is 44.6 Å². The van der Waals surface area contributed by atoms with Crippen LogP contribution in [0.15, 0.2) is 30.3 Å². The number of benzene rings is 1. The van der Waals surface area contributed by atoms with Crippen molar-refractivity contribution in [3.8, 4) is 0 Å². The van der Waals surface area contributed by atoms with Crippen molar-refractivity contribution >= 4 is 29.6 Å². The predicted molar refractivity (Wildman–Crippen MR) is 200 cm³/mol. The molecule has 4 amide bonds. The SMILES string of the molecule is CC[C@H](C)[C@@H]([C@@H](CC(=O)N1CCC[C@H]1[C@H](OC)[C@@H](C)C(=O)N[C@H](Cc1ccccc1)C(=O)OC)OC)N(C)C(=O)[C@@H](NC(=O)C(C)(C)NC)C(C)C. The molecule has 1 aliphatic rings. The van der Waals surface area contributed by atoms with Gasteiger partial charge >= 0.3 is 5.97 Å². The first-order chi connectivity index (χ1) is 24.5. The van der Waals surface area contributed by atoms with Crippen molar-refractivity contribution in [2.24, 2.45) is 17.8 Å². The lowest BCUT2D eigenvalue weighted by molar-refractivity contribution is -0.149. The van der Waals surface area contributed by atoms with Crippen LogP contribution in [0.1, 0.15) is 79.7 Å². The van der Waals surface area contributed by atoms with Crippen LogP contribution in [0.3, 0.4) is 0 Å². The van der Waals surface area contributed by atoms with Gasteiger partial charge in [-0.2, -0.15) is 0 Å². The Morgan fingerprint density at radius 1 is 0.981 bits per heavy atom. The molecule has 3 N–H and O–H groups in total. The third kappa shape index (κ3) is 11.5. The highest BCUT2D eigenvalue weighted by molar-refractivity contribution is 5.92. The van der Waals surface area contributed by atoms with Crippen LogP contribution in [-0.4, -0.2) is 123 Å². The number of carbonyl (C=O) groups is 5. The van der Waals surface area contributed by atoms with Crippen molar-refractivity contribution in [3.05, 3.63) is 35.9 Å². The maximum Gasteiger partial charge on any atom is 0.328 e. The van der Waals surface area contributed by atoms with Crippen molar-refractivity contribution in [3.63, 3.8) is 0 Å². The first kappa shape index (κ1) is 44.6. The van der Waals surface area contributed by atoms with E-state index in [0.29, 0.717) is 13.0 Å². The van der Waals surface area contributed by atoms with Gasteiger partial charge in [-0.25, -0.2) is 4.79 Å². The fraction of sp³-hybridized carbons (Fsp3) is 0.718. The van der Waals surface area contributed by atoms with Gasteiger partial charge in [0.1, 0.15) is 12.1 Å². The number of hydrogen-bond donors (Lipinski definition) is 3. The minimum atomic E-state index is -0.890. The Morgan fingerprint density at radius 2 is 1.62 bits per heavy atom. The van der Waals surface area contributed by atoms with E-state index in [9.17, 15) is 24.0 Å². The van der Waals surface area contributed by atoms with Crippen molar-refractivity contribution in [1.29, 1.82) is 0 Å². The number of ether oxygens (including phenoxy) is 3. The zero-order chi connectivity index (χ0) is 39.3. The summed E-state index contributed by atoms with van der Waals surface area (Å²) in [5.41, 5.74) is -0.000994. The van der Waals surface area contributed by atoms with Gasteiger partial charge in [0.25, 0.3) is 0 Å². The van der Waals surface area contributed by atoms with Gasteiger partial charge in [0.15, 0.2) is 0 Å². The van der Waals surface area contributed by atoms with Crippen molar-refractivity contribution in [1.82, 2.24) is 25.8 Å². The average molecular weight is 732 g/mol. The molecule has 0 aromatic heterocycles. The molecule has 1 heterocycles. The topological polar surface area (TPSA) is 156 Å². The first-order valence-corrected chi connectivity index (χ1v) is 18.5. The van der Waals surface area contributed by atoms with Crippen LogP contribution in [0.4, 0.5) is 0 Å². The van der Waals surface area contributed by atoms with E-state index < -0.39 is 47.8 Å². The van der Waals surface area contributed by atoms with E-state index in [2.05, 4.69) is 16.0 Å². The molecule has 0 spiro atoms. The van der Waals surface area contributed by atoms with E-state index in [0.717, 1.165) is 18.4 Å². The molecule has 8 atom stereocenters. The summed E-state index contributed by atoms with van der Waals surface area (Å²) in [5, 5.41) is 8.77. The highest BCUT2D eigenvalue weighted by atomic mass is 16.5. The fourth-order valence-electron chi connectivity index (χ4n) is 6.96. The summed E-state index contributed by atoms with van der Waals surface area (Å²) >= 11 is 0. The van der Waals surface area contributed by atoms with Crippen LogP contribution in [0.25, 0.3) is 0 Å². The summed E-state index contributed by atoms with van der Waals surface area (Å²) in [6.45, 7) is 13.5. The van der Waals surface area contributed by atoms with Crippen LogP contribution in [0.2, 0.25) is 0 Å². The minimum Gasteiger partial charge on any atom is -0.467 e. The van der Waals surface area contributed by atoms with Crippen molar-refractivity contribution in [2.75, 3.05) is 42.0 Å². The maximum absolute atomic E-state index is 14.1. The molecule has 1 fully saturated rings. The van der Waals surface area contributed by atoms with Crippen molar-refractivity contribution in [2.45, 2.75) is 122 Å². The van der Waals surface area contributed by atoms with Gasteiger partial charge < -0.3 is 40.0 Å². The number of amides is 4. The lowest BCUT2D eigenvalue weighted by Crippen LogP contribution is -2.61. The third-order valence-electron chi connectivity index (χ3n) is 10.8. The maximum atomic E-state index is 14.1. The molecule has 0 unspecified atom stereocenters. The summed E-state index contributed by atoms with van der Waals surface area (Å²) in [6, 6.07) is 6.84. The van der Waals surface area contributed by atoms with Crippen LogP contribution < -0.4 is 16.0 Å². The van der Waals surface area contributed by atoms with Gasteiger partial charge in [0, 0.05) is 34.2 Å². The van der Waals surface area contributed by atoms with Gasteiger partial charge in [0.2, 0.25) is 23.6 Å². The summed E-state index contributed by atoms with van der Waals surface area (Å²) < 4.78 is 16.9. The normalized spacial score (nSPS) is 18.8. The number of carbonyl (C=O) groups excluding carboxylic acids is 5. The highest BCUT2D eigenvalue weighted by Crippen LogP contribution is 2.30.